The molecule has 2 aromatic rings. The molecule has 24 heavy (non-hydrogen) atoms. The quantitative estimate of drug-likeness (QED) is 0.885. The minimum Gasteiger partial charge on any atom is -0.354 e. The Morgan fingerprint density at radius 2 is 2.17 bits per heavy atom. The molecule has 1 aromatic carbocycles. The van der Waals surface area contributed by atoms with Gasteiger partial charge in [-0.05, 0) is 24.6 Å². The van der Waals surface area contributed by atoms with Crippen LogP contribution in [0.25, 0.3) is 10.6 Å². The van der Waals surface area contributed by atoms with Gasteiger partial charge in [0.25, 0.3) is 12.3 Å². The summed E-state index contributed by atoms with van der Waals surface area (Å²) in [6.07, 6.45) is -1.03. The Labute approximate surface area is 138 Å². The molecule has 2 heterocycles. The highest BCUT2D eigenvalue weighted by Gasteiger charge is 2.26. The molecule has 3 rings (SSSR count). The summed E-state index contributed by atoms with van der Waals surface area (Å²) >= 11 is 0.941. The summed E-state index contributed by atoms with van der Waals surface area (Å²) in [5.41, 5.74) is -0.276. The number of nitrogens with zero attached hydrogens (tertiary/aromatic N) is 1. The molecule has 1 aliphatic heterocycles. The van der Waals surface area contributed by atoms with Crippen molar-refractivity contribution in [1.29, 1.82) is 0 Å². The molecule has 2 amide bonds. The zero-order chi connectivity index (χ0) is 17.3. The molecule has 5 nitrogen and oxygen atoms in total. The molecule has 1 aromatic heterocycles. The highest BCUT2D eigenvalue weighted by molar-refractivity contribution is 7.16. The Kier molecular flexibility index (Phi) is 4.52. The fourth-order valence-corrected chi connectivity index (χ4v) is 3.14. The topological polar surface area (TPSA) is 71.1 Å². The Balaban J connectivity index is 1.80. The van der Waals surface area contributed by atoms with E-state index in [9.17, 15) is 22.8 Å². The third kappa shape index (κ3) is 3.40. The van der Waals surface area contributed by atoms with Crippen molar-refractivity contribution in [3.63, 3.8) is 0 Å². The monoisotopic (exact) mass is 355 g/mol. The van der Waals surface area contributed by atoms with Crippen molar-refractivity contribution in [3.8, 4) is 10.6 Å². The molecule has 0 bridgehead atoms. The molecule has 2 N–H and O–H groups in total. The summed E-state index contributed by atoms with van der Waals surface area (Å²) in [7, 11) is 0. The molecule has 0 radical (unpaired) electrons. The maximum atomic E-state index is 13.5. The van der Waals surface area contributed by atoms with E-state index in [0.29, 0.717) is 13.0 Å². The van der Waals surface area contributed by atoms with Gasteiger partial charge in [-0.1, -0.05) is 0 Å². The van der Waals surface area contributed by atoms with Crippen molar-refractivity contribution in [2.75, 3.05) is 6.54 Å². The molecule has 0 saturated carbocycles. The van der Waals surface area contributed by atoms with E-state index in [1.54, 1.807) is 0 Å². The van der Waals surface area contributed by atoms with Crippen LogP contribution in [0.2, 0.25) is 0 Å². The van der Waals surface area contributed by atoms with Crippen molar-refractivity contribution >= 4 is 23.2 Å². The number of alkyl halides is 2. The molecule has 1 fully saturated rings. The Bertz CT molecular complexity index is 794. The normalized spacial score (nSPS) is 17.2. The van der Waals surface area contributed by atoms with E-state index >= 15 is 0 Å². The summed E-state index contributed by atoms with van der Waals surface area (Å²) in [6.45, 7) is 0.497. The van der Waals surface area contributed by atoms with Gasteiger partial charge in [0.2, 0.25) is 5.91 Å². The number of hydrogen-bond donors (Lipinski definition) is 2. The van der Waals surface area contributed by atoms with Crippen molar-refractivity contribution in [2.45, 2.75) is 18.9 Å². The van der Waals surface area contributed by atoms with Gasteiger partial charge in [0.1, 0.15) is 21.7 Å². The van der Waals surface area contributed by atoms with E-state index in [1.807, 2.05) is 0 Å². The van der Waals surface area contributed by atoms with Gasteiger partial charge in [-0.25, -0.2) is 18.2 Å². The van der Waals surface area contributed by atoms with Crippen molar-refractivity contribution in [1.82, 2.24) is 15.6 Å². The maximum absolute atomic E-state index is 13.5. The van der Waals surface area contributed by atoms with Crippen LogP contribution < -0.4 is 10.6 Å². The summed E-state index contributed by atoms with van der Waals surface area (Å²) < 4.78 is 39.0. The minimum atomic E-state index is -2.80. The van der Waals surface area contributed by atoms with Crippen LogP contribution in [-0.4, -0.2) is 29.4 Å². The number of rotatable bonds is 4. The lowest BCUT2D eigenvalue weighted by atomic mass is 10.1. The fraction of sp³-hybridized carbons (Fsp3) is 0.267. The van der Waals surface area contributed by atoms with Gasteiger partial charge in [0, 0.05) is 17.7 Å². The van der Waals surface area contributed by atoms with E-state index in [1.165, 1.54) is 6.20 Å². The average molecular weight is 355 g/mol. The first-order valence-corrected chi connectivity index (χ1v) is 7.89. The lowest BCUT2D eigenvalue weighted by Gasteiger charge is -2.07. The summed E-state index contributed by atoms with van der Waals surface area (Å²) in [6, 6.07) is 2.38. The number of carbonyl (C=O) groups excluding carboxylic acids is 2. The number of benzene rings is 1. The van der Waals surface area contributed by atoms with Crippen LogP contribution in [0.3, 0.4) is 0 Å². The predicted octanol–water partition coefficient (Wildman–Crippen LogP) is 2.51. The SMILES string of the molecule is O=C(NC1CCNC1=O)c1cnc(-c2cc(F)cc(C(F)F)c2)s1. The van der Waals surface area contributed by atoms with Gasteiger partial charge >= 0.3 is 0 Å². The molecular weight excluding hydrogens is 343 g/mol. The van der Waals surface area contributed by atoms with Crippen LogP contribution in [0, 0.1) is 5.82 Å². The van der Waals surface area contributed by atoms with E-state index in [2.05, 4.69) is 15.6 Å². The highest BCUT2D eigenvalue weighted by atomic mass is 32.1. The molecule has 9 heteroatoms. The number of thiazole rings is 1. The van der Waals surface area contributed by atoms with Gasteiger partial charge in [0.05, 0.1) is 6.20 Å². The van der Waals surface area contributed by atoms with Gasteiger partial charge in [0.15, 0.2) is 0 Å². The van der Waals surface area contributed by atoms with Crippen LogP contribution >= 0.6 is 11.3 Å². The molecule has 1 saturated heterocycles. The predicted molar refractivity (Wildman–Crippen MR) is 81.3 cm³/mol. The van der Waals surface area contributed by atoms with Crippen LogP contribution in [0.5, 0.6) is 0 Å². The second-order valence-electron chi connectivity index (χ2n) is 5.21. The highest BCUT2D eigenvalue weighted by Crippen LogP contribution is 2.30. The number of aromatic nitrogens is 1. The molecule has 0 spiro atoms. The zero-order valence-electron chi connectivity index (χ0n) is 12.2. The number of nitrogens with one attached hydrogen (secondary N) is 2. The Hall–Kier alpha value is -2.42. The van der Waals surface area contributed by atoms with E-state index in [4.69, 9.17) is 0 Å². The molecule has 126 valence electrons. The molecule has 1 unspecified atom stereocenters. The number of carbonyl (C=O) groups is 2. The van der Waals surface area contributed by atoms with Gasteiger partial charge in [-0.15, -0.1) is 11.3 Å². The smallest absolute Gasteiger partial charge is 0.263 e. The van der Waals surface area contributed by atoms with Crippen LogP contribution in [0.4, 0.5) is 13.2 Å². The lowest BCUT2D eigenvalue weighted by Crippen LogP contribution is -2.39. The van der Waals surface area contributed by atoms with Gasteiger partial charge < -0.3 is 10.6 Å². The largest absolute Gasteiger partial charge is 0.354 e. The average Bonchev–Trinajstić information content (AvgIpc) is 3.16. The van der Waals surface area contributed by atoms with E-state index < -0.39 is 29.8 Å². The number of hydrogen-bond acceptors (Lipinski definition) is 4. The first-order valence-electron chi connectivity index (χ1n) is 7.07. The first-order chi connectivity index (χ1) is 11.4. The third-order valence-electron chi connectivity index (χ3n) is 3.50. The number of halogens is 3. The lowest BCUT2D eigenvalue weighted by molar-refractivity contribution is -0.120. The second kappa shape index (κ2) is 6.60. The van der Waals surface area contributed by atoms with Crippen LogP contribution in [-0.2, 0) is 4.79 Å². The third-order valence-corrected chi connectivity index (χ3v) is 4.55. The summed E-state index contributed by atoms with van der Waals surface area (Å²) in [5, 5.41) is 5.43. The second-order valence-corrected chi connectivity index (χ2v) is 6.24. The summed E-state index contributed by atoms with van der Waals surface area (Å²) in [4.78, 5) is 27.8. The standard InChI is InChI=1S/C15H12F3N3O2S/c16-9-4-7(12(17)18)3-8(5-9)15-20-6-11(24-15)14(23)21-10-1-2-19-13(10)22/h3-6,10,12H,1-2H2,(H,19,22)(H,21,23). The van der Waals surface area contributed by atoms with Crippen LogP contribution in [0.15, 0.2) is 24.4 Å². The Morgan fingerprint density at radius 3 is 2.83 bits per heavy atom. The summed E-state index contributed by atoms with van der Waals surface area (Å²) in [5.74, 6) is -1.53. The molecule has 0 aliphatic carbocycles. The van der Waals surface area contributed by atoms with Crippen molar-refractivity contribution in [2.24, 2.45) is 0 Å². The van der Waals surface area contributed by atoms with Gasteiger partial charge in [-0.2, -0.15) is 0 Å². The van der Waals surface area contributed by atoms with Gasteiger partial charge in [-0.3, -0.25) is 9.59 Å². The van der Waals surface area contributed by atoms with Crippen molar-refractivity contribution < 1.29 is 22.8 Å². The maximum Gasteiger partial charge on any atom is 0.263 e. The number of amides is 2. The van der Waals surface area contributed by atoms with Crippen LogP contribution in [0.1, 0.15) is 28.1 Å². The zero-order valence-corrected chi connectivity index (χ0v) is 13.0. The van der Waals surface area contributed by atoms with E-state index in [-0.39, 0.29) is 21.4 Å². The Morgan fingerprint density at radius 1 is 1.38 bits per heavy atom. The molecule has 1 atom stereocenters. The first kappa shape index (κ1) is 16.4. The molecule has 1 aliphatic rings. The fourth-order valence-electron chi connectivity index (χ4n) is 2.34. The minimum absolute atomic E-state index is 0.174. The molecular formula is C15H12F3N3O2S. The van der Waals surface area contributed by atoms with Crippen molar-refractivity contribution in [3.05, 3.63) is 40.7 Å². The van der Waals surface area contributed by atoms with E-state index in [0.717, 1.165) is 29.5 Å².